The average Bonchev–Trinajstić information content (AvgIpc) is 2.78. The van der Waals surface area contributed by atoms with Crippen LogP contribution >= 0.6 is 0 Å². The van der Waals surface area contributed by atoms with Gasteiger partial charge in [-0.15, -0.1) is 0 Å². The Morgan fingerprint density at radius 3 is 2.42 bits per heavy atom. The number of alkyl halides is 3. The predicted molar refractivity (Wildman–Crippen MR) is 120 cm³/mol. The zero-order valence-corrected chi connectivity index (χ0v) is 19.0. The number of aryl methyl sites for hydroxylation is 1. The largest absolute Gasteiger partial charge is 0.417 e. The van der Waals surface area contributed by atoms with Crippen molar-refractivity contribution in [2.75, 3.05) is 0 Å². The molecule has 2 aromatic carbocycles. The molecule has 1 aromatic heterocycles. The lowest BCUT2D eigenvalue weighted by Gasteiger charge is -2.34. The monoisotopic (exact) mass is 478 g/mol. The number of aromatic nitrogens is 1. The molecule has 0 radical (unpaired) electrons. The molecule has 4 rings (SSSR count). The second-order valence-electron chi connectivity index (χ2n) is 8.50. The summed E-state index contributed by atoms with van der Waals surface area (Å²) in [6.07, 6.45) is -1.23. The van der Waals surface area contributed by atoms with Gasteiger partial charge in [0, 0.05) is 18.2 Å². The molecule has 0 saturated heterocycles. The number of nitrogens with zero attached hydrogens (tertiary/aromatic N) is 1. The van der Waals surface area contributed by atoms with Gasteiger partial charge in [-0.1, -0.05) is 49.6 Å². The molecular formula is C24H25F3N2O3S. The van der Waals surface area contributed by atoms with Crippen molar-refractivity contribution in [2.45, 2.75) is 62.7 Å². The molecule has 176 valence electrons. The first-order valence-electron chi connectivity index (χ1n) is 10.9. The zero-order chi connectivity index (χ0) is 23.8. The molecular weight excluding hydrogens is 453 g/mol. The molecule has 1 aliphatic carbocycles. The summed E-state index contributed by atoms with van der Waals surface area (Å²) < 4.78 is 69.3. The highest BCUT2D eigenvalue weighted by atomic mass is 32.2. The first-order chi connectivity index (χ1) is 15.6. The third kappa shape index (κ3) is 4.70. The van der Waals surface area contributed by atoms with Crippen LogP contribution in [0.2, 0.25) is 0 Å². The van der Waals surface area contributed by atoms with Gasteiger partial charge in [0.1, 0.15) is 0 Å². The van der Waals surface area contributed by atoms with E-state index in [1.165, 1.54) is 12.1 Å². The Morgan fingerprint density at radius 2 is 1.73 bits per heavy atom. The van der Waals surface area contributed by atoms with Crippen molar-refractivity contribution < 1.29 is 21.6 Å². The average molecular weight is 479 g/mol. The summed E-state index contributed by atoms with van der Waals surface area (Å²) in [5, 5.41) is 0.737. The smallest absolute Gasteiger partial charge is 0.321 e. The molecule has 1 heterocycles. The summed E-state index contributed by atoms with van der Waals surface area (Å²) in [6.45, 7) is 1.56. The Hall–Kier alpha value is -2.65. The van der Waals surface area contributed by atoms with Crippen LogP contribution in [0.1, 0.15) is 48.8 Å². The minimum absolute atomic E-state index is 0.201. The van der Waals surface area contributed by atoms with Crippen LogP contribution in [0.5, 0.6) is 0 Å². The number of hydrogen-bond donors (Lipinski definition) is 1. The standard InChI is InChI=1S/C24H25F3N2O3S/c1-16-8-7-9-17-14-18(23(30)28-22(16)17)15-29(19-10-3-2-4-11-19)33(31,32)21-13-6-5-12-20(21)24(25,26)27/h5-9,12-14,19H,2-4,10-11,15H2,1H3,(H,28,30). The maximum absolute atomic E-state index is 13.6. The third-order valence-corrected chi connectivity index (χ3v) is 8.21. The second-order valence-corrected chi connectivity index (χ2v) is 10.4. The van der Waals surface area contributed by atoms with E-state index in [4.69, 9.17) is 0 Å². The van der Waals surface area contributed by atoms with Crippen molar-refractivity contribution in [3.8, 4) is 0 Å². The summed E-state index contributed by atoms with van der Waals surface area (Å²) in [5.74, 6) is 0. The maximum Gasteiger partial charge on any atom is 0.417 e. The van der Waals surface area contributed by atoms with Gasteiger partial charge in [-0.3, -0.25) is 4.79 Å². The fourth-order valence-electron chi connectivity index (χ4n) is 4.55. The molecule has 5 nitrogen and oxygen atoms in total. The summed E-state index contributed by atoms with van der Waals surface area (Å²) in [4.78, 5) is 14.9. The minimum Gasteiger partial charge on any atom is -0.321 e. The molecule has 3 aromatic rings. The first-order valence-corrected chi connectivity index (χ1v) is 12.3. The zero-order valence-electron chi connectivity index (χ0n) is 18.2. The van der Waals surface area contributed by atoms with Gasteiger partial charge in [0.25, 0.3) is 5.56 Å². The Labute approximate surface area is 190 Å². The van der Waals surface area contributed by atoms with E-state index in [1.807, 2.05) is 19.1 Å². The fourth-order valence-corrected chi connectivity index (χ4v) is 6.42. The minimum atomic E-state index is -4.82. The van der Waals surface area contributed by atoms with E-state index in [9.17, 15) is 26.4 Å². The van der Waals surface area contributed by atoms with Crippen LogP contribution < -0.4 is 5.56 Å². The number of para-hydroxylation sites is 1. The van der Waals surface area contributed by atoms with E-state index in [2.05, 4.69) is 4.98 Å². The highest BCUT2D eigenvalue weighted by molar-refractivity contribution is 7.89. The van der Waals surface area contributed by atoms with Gasteiger partial charge in [0.05, 0.1) is 16.0 Å². The number of nitrogens with one attached hydrogen (secondary N) is 1. The van der Waals surface area contributed by atoms with Gasteiger partial charge in [-0.25, -0.2) is 8.42 Å². The van der Waals surface area contributed by atoms with Crippen LogP contribution in [0.3, 0.4) is 0 Å². The topological polar surface area (TPSA) is 70.2 Å². The molecule has 1 N–H and O–H groups in total. The van der Waals surface area contributed by atoms with E-state index >= 15 is 0 Å². The lowest BCUT2D eigenvalue weighted by atomic mass is 9.95. The van der Waals surface area contributed by atoms with E-state index in [0.717, 1.165) is 46.7 Å². The van der Waals surface area contributed by atoms with Gasteiger partial charge >= 0.3 is 6.18 Å². The van der Waals surface area contributed by atoms with Gasteiger partial charge < -0.3 is 4.98 Å². The molecule has 33 heavy (non-hydrogen) atoms. The van der Waals surface area contributed by atoms with Gasteiger partial charge in [-0.2, -0.15) is 17.5 Å². The van der Waals surface area contributed by atoms with Crippen LogP contribution in [-0.4, -0.2) is 23.7 Å². The molecule has 1 fully saturated rings. The summed E-state index contributed by atoms with van der Waals surface area (Å²) >= 11 is 0. The number of halogens is 3. The van der Waals surface area contributed by atoms with Gasteiger partial charge in [0.2, 0.25) is 10.0 Å². The molecule has 0 aliphatic heterocycles. The number of pyridine rings is 1. The maximum atomic E-state index is 13.6. The van der Waals surface area contributed by atoms with Crippen LogP contribution in [0, 0.1) is 6.92 Å². The highest BCUT2D eigenvalue weighted by Crippen LogP contribution is 2.37. The fraction of sp³-hybridized carbons (Fsp3) is 0.375. The van der Waals surface area contributed by atoms with Crippen molar-refractivity contribution >= 4 is 20.9 Å². The molecule has 0 amide bonds. The Morgan fingerprint density at radius 1 is 1.03 bits per heavy atom. The molecule has 0 spiro atoms. The predicted octanol–water partition coefficient (Wildman–Crippen LogP) is 5.38. The number of rotatable bonds is 5. The number of hydrogen-bond acceptors (Lipinski definition) is 3. The molecule has 0 unspecified atom stereocenters. The lowest BCUT2D eigenvalue weighted by molar-refractivity contribution is -0.139. The van der Waals surface area contributed by atoms with Crippen LogP contribution in [0.4, 0.5) is 13.2 Å². The van der Waals surface area contributed by atoms with Crippen molar-refractivity contribution in [2.24, 2.45) is 0 Å². The Kier molecular flexibility index (Phi) is 6.37. The number of aromatic amines is 1. The highest BCUT2D eigenvalue weighted by Gasteiger charge is 2.41. The summed E-state index contributed by atoms with van der Waals surface area (Å²) in [7, 11) is -4.53. The third-order valence-electron chi connectivity index (χ3n) is 6.25. The SMILES string of the molecule is Cc1cccc2cc(CN(C3CCCCC3)S(=O)(=O)c3ccccc3C(F)(F)F)c(=O)[nH]c12. The number of benzene rings is 2. The van der Waals surface area contributed by atoms with E-state index in [-0.39, 0.29) is 12.1 Å². The van der Waals surface area contributed by atoms with Crippen molar-refractivity contribution in [3.05, 3.63) is 75.6 Å². The Bertz CT molecular complexity index is 1330. The molecule has 0 bridgehead atoms. The first kappa shape index (κ1) is 23.5. The number of H-pyrrole nitrogens is 1. The van der Waals surface area contributed by atoms with Gasteiger partial charge in [0.15, 0.2) is 0 Å². The quantitative estimate of drug-likeness (QED) is 0.535. The normalized spacial score (nSPS) is 15.9. The van der Waals surface area contributed by atoms with E-state index in [1.54, 1.807) is 12.1 Å². The molecule has 0 atom stereocenters. The van der Waals surface area contributed by atoms with Crippen LogP contribution in [0.25, 0.3) is 10.9 Å². The molecule has 1 aliphatic rings. The Balaban J connectivity index is 1.83. The number of sulfonamides is 1. The van der Waals surface area contributed by atoms with Crippen molar-refractivity contribution in [1.82, 2.24) is 9.29 Å². The van der Waals surface area contributed by atoms with E-state index in [0.29, 0.717) is 18.4 Å². The molecule has 9 heteroatoms. The van der Waals surface area contributed by atoms with Gasteiger partial charge in [-0.05, 0) is 48.9 Å². The number of fused-ring (bicyclic) bond motifs is 1. The van der Waals surface area contributed by atoms with Crippen molar-refractivity contribution in [3.63, 3.8) is 0 Å². The summed E-state index contributed by atoms with van der Waals surface area (Å²) in [6, 6.07) is 10.9. The van der Waals surface area contributed by atoms with E-state index < -0.39 is 38.3 Å². The van der Waals surface area contributed by atoms with Crippen LogP contribution in [-0.2, 0) is 22.7 Å². The second kappa shape index (κ2) is 8.95. The molecule has 1 saturated carbocycles. The van der Waals surface area contributed by atoms with Crippen LogP contribution in [0.15, 0.2) is 58.2 Å². The summed E-state index contributed by atoms with van der Waals surface area (Å²) in [5.41, 5.74) is 0.0743. The van der Waals surface area contributed by atoms with Crippen molar-refractivity contribution in [1.29, 1.82) is 0 Å². The lowest BCUT2D eigenvalue weighted by Crippen LogP contribution is -2.42.